The topological polar surface area (TPSA) is 31.0 Å². The second-order valence-corrected chi connectivity index (χ2v) is 6.21. The molecule has 1 aromatic rings. The predicted octanol–water partition coefficient (Wildman–Crippen LogP) is 3.58. The van der Waals surface area contributed by atoms with Crippen LogP contribution in [0, 0.1) is 0 Å². The van der Waals surface area contributed by atoms with Crippen LogP contribution >= 0.6 is 0 Å². The van der Waals surface area contributed by atoms with Gasteiger partial charge < -0.3 is 14.2 Å². The molecule has 116 valence electrons. The largest absolute Gasteiger partial charge is 0.380 e. The van der Waals surface area contributed by atoms with Crippen LogP contribution in [-0.2, 0) is 33.8 Å². The van der Waals surface area contributed by atoms with Crippen molar-refractivity contribution >= 4 is 0 Å². The Hall–Kier alpha value is -0.900. The molecule has 0 amide bonds. The second kappa shape index (κ2) is 6.47. The first kappa shape index (κ1) is 15.0. The number of rotatable bonds is 6. The molecule has 0 spiro atoms. The zero-order valence-corrected chi connectivity index (χ0v) is 13.4. The van der Waals surface area contributed by atoms with Gasteiger partial charge in [-0.05, 0) is 41.5 Å². The number of benzene rings is 1. The molecular weight excluding hydrogens is 264 g/mol. The Balaban J connectivity index is 1.95. The third-order valence-corrected chi connectivity index (χ3v) is 4.86. The van der Waals surface area contributed by atoms with Gasteiger partial charge in [-0.2, -0.15) is 0 Å². The fourth-order valence-electron chi connectivity index (χ4n) is 3.86. The summed E-state index contributed by atoms with van der Waals surface area (Å²) in [6.07, 6.45) is 5.75. The van der Waals surface area contributed by atoms with Gasteiger partial charge in [0.25, 0.3) is 0 Å². The van der Waals surface area contributed by atoms with Crippen LogP contribution in [0.15, 0.2) is 12.1 Å². The summed E-state index contributed by atoms with van der Waals surface area (Å²) in [5.41, 5.74) is 5.42. The number of hydrogen-bond acceptors (Lipinski definition) is 3. The van der Waals surface area contributed by atoms with E-state index in [1.807, 2.05) is 0 Å². The summed E-state index contributed by atoms with van der Waals surface area (Å²) in [4.78, 5) is 0. The van der Waals surface area contributed by atoms with Crippen LogP contribution in [-0.4, -0.2) is 26.4 Å². The molecule has 0 N–H and O–H groups in total. The van der Waals surface area contributed by atoms with Gasteiger partial charge in [-0.15, -0.1) is 0 Å². The smallest absolute Gasteiger partial charge is 0.0910 e. The van der Waals surface area contributed by atoms with E-state index >= 15 is 0 Å². The van der Waals surface area contributed by atoms with Crippen molar-refractivity contribution in [1.29, 1.82) is 0 Å². The van der Waals surface area contributed by atoms with E-state index in [4.69, 9.17) is 14.2 Å². The third kappa shape index (κ3) is 3.01. The van der Waals surface area contributed by atoms with E-state index in [2.05, 4.69) is 19.1 Å². The van der Waals surface area contributed by atoms with Crippen molar-refractivity contribution < 1.29 is 14.2 Å². The SMILES string of the molecule is CCc1c(COC)cc(C2CCCC3OC32)cc1COC. The molecule has 1 saturated carbocycles. The zero-order valence-electron chi connectivity index (χ0n) is 13.4. The molecule has 3 unspecified atom stereocenters. The maximum Gasteiger partial charge on any atom is 0.0910 e. The summed E-state index contributed by atoms with van der Waals surface area (Å²) >= 11 is 0. The van der Waals surface area contributed by atoms with Crippen molar-refractivity contribution in [2.24, 2.45) is 0 Å². The summed E-state index contributed by atoms with van der Waals surface area (Å²) in [5, 5.41) is 0. The highest BCUT2D eigenvalue weighted by atomic mass is 16.6. The molecule has 3 heteroatoms. The molecule has 0 bridgehead atoms. The van der Waals surface area contributed by atoms with E-state index in [-0.39, 0.29) is 0 Å². The fraction of sp³-hybridized carbons (Fsp3) is 0.667. The third-order valence-electron chi connectivity index (χ3n) is 4.86. The lowest BCUT2D eigenvalue weighted by molar-refractivity contribution is 0.178. The van der Waals surface area contributed by atoms with Crippen molar-refractivity contribution in [2.45, 2.75) is 63.9 Å². The van der Waals surface area contributed by atoms with Crippen LogP contribution in [0.1, 0.15) is 54.4 Å². The molecule has 1 aliphatic carbocycles. The summed E-state index contributed by atoms with van der Waals surface area (Å²) in [6.45, 7) is 3.55. The average Bonchev–Trinajstić information content (AvgIpc) is 3.27. The molecular formula is C18H26O3. The highest BCUT2D eigenvalue weighted by molar-refractivity contribution is 5.41. The maximum atomic E-state index is 5.84. The van der Waals surface area contributed by atoms with Gasteiger partial charge in [0.05, 0.1) is 25.4 Å². The van der Waals surface area contributed by atoms with Crippen LogP contribution in [0.3, 0.4) is 0 Å². The molecule has 3 atom stereocenters. The molecule has 2 fully saturated rings. The monoisotopic (exact) mass is 290 g/mol. The van der Waals surface area contributed by atoms with Gasteiger partial charge in [-0.1, -0.05) is 25.5 Å². The summed E-state index contributed by atoms with van der Waals surface area (Å²) in [5.74, 6) is 0.556. The van der Waals surface area contributed by atoms with Crippen molar-refractivity contribution in [1.82, 2.24) is 0 Å². The van der Waals surface area contributed by atoms with Gasteiger partial charge in [0.2, 0.25) is 0 Å². The van der Waals surface area contributed by atoms with E-state index in [9.17, 15) is 0 Å². The Morgan fingerprint density at radius 1 is 1.10 bits per heavy atom. The maximum absolute atomic E-state index is 5.84. The Bertz CT molecular complexity index is 470. The molecule has 1 saturated heterocycles. The lowest BCUT2D eigenvalue weighted by Crippen LogP contribution is -2.16. The standard InChI is InChI=1S/C18H26O3/c1-4-15-13(10-19-2)8-12(9-14(15)11-20-3)16-6-5-7-17-18(16)21-17/h8-9,16-18H,4-7,10-11H2,1-3H3. The van der Waals surface area contributed by atoms with Crippen LogP contribution in [0.5, 0.6) is 0 Å². The molecule has 0 radical (unpaired) electrons. The van der Waals surface area contributed by atoms with Gasteiger partial charge in [0, 0.05) is 20.1 Å². The molecule has 0 aromatic heterocycles. The zero-order chi connectivity index (χ0) is 14.8. The first-order valence-electron chi connectivity index (χ1n) is 8.06. The van der Waals surface area contributed by atoms with E-state index in [1.54, 1.807) is 14.2 Å². The second-order valence-electron chi connectivity index (χ2n) is 6.21. The van der Waals surface area contributed by atoms with Crippen LogP contribution in [0.25, 0.3) is 0 Å². The van der Waals surface area contributed by atoms with Gasteiger partial charge in [0.15, 0.2) is 0 Å². The van der Waals surface area contributed by atoms with Gasteiger partial charge in [-0.3, -0.25) is 0 Å². The minimum Gasteiger partial charge on any atom is -0.380 e. The van der Waals surface area contributed by atoms with Gasteiger partial charge in [0.1, 0.15) is 0 Å². The van der Waals surface area contributed by atoms with Crippen molar-refractivity contribution in [3.63, 3.8) is 0 Å². The van der Waals surface area contributed by atoms with Gasteiger partial charge in [-0.25, -0.2) is 0 Å². The normalized spacial score (nSPS) is 27.5. The van der Waals surface area contributed by atoms with Crippen LogP contribution in [0.2, 0.25) is 0 Å². The lowest BCUT2D eigenvalue weighted by Gasteiger charge is -2.22. The quantitative estimate of drug-likeness (QED) is 0.750. The number of ether oxygens (including phenoxy) is 3. The Labute approximate surface area is 127 Å². The Morgan fingerprint density at radius 2 is 1.76 bits per heavy atom. The summed E-state index contributed by atoms with van der Waals surface area (Å²) in [7, 11) is 3.53. The van der Waals surface area contributed by atoms with Crippen molar-refractivity contribution in [2.75, 3.05) is 14.2 Å². The first-order valence-corrected chi connectivity index (χ1v) is 8.06. The van der Waals surface area contributed by atoms with E-state index in [0.29, 0.717) is 31.3 Å². The van der Waals surface area contributed by atoms with Crippen LogP contribution in [0.4, 0.5) is 0 Å². The van der Waals surface area contributed by atoms with Crippen LogP contribution < -0.4 is 0 Å². The highest BCUT2D eigenvalue weighted by Crippen LogP contribution is 2.46. The number of methoxy groups -OCH3 is 2. The molecule has 1 heterocycles. The Kier molecular flexibility index (Phi) is 4.63. The number of fused-ring (bicyclic) bond motifs is 1. The molecule has 1 aliphatic heterocycles. The molecule has 3 rings (SSSR count). The number of hydrogen-bond donors (Lipinski definition) is 0. The average molecular weight is 290 g/mol. The van der Waals surface area contributed by atoms with Crippen molar-refractivity contribution in [3.8, 4) is 0 Å². The van der Waals surface area contributed by atoms with Gasteiger partial charge >= 0.3 is 0 Å². The molecule has 2 aliphatic rings. The first-order chi connectivity index (χ1) is 10.3. The minimum atomic E-state index is 0.456. The molecule has 1 aromatic carbocycles. The van der Waals surface area contributed by atoms with Crippen molar-refractivity contribution in [3.05, 3.63) is 34.4 Å². The minimum absolute atomic E-state index is 0.456. The molecule has 3 nitrogen and oxygen atoms in total. The molecule has 21 heavy (non-hydrogen) atoms. The fourth-order valence-corrected chi connectivity index (χ4v) is 3.86. The summed E-state index contributed by atoms with van der Waals surface area (Å²) < 4.78 is 16.7. The van der Waals surface area contributed by atoms with E-state index in [0.717, 1.165) is 6.42 Å². The lowest BCUT2D eigenvalue weighted by atomic mass is 9.81. The highest BCUT2D eigenvalue weighted by Gasteiger charge is 2.47. The number of epoxide rings is 1. The Morgan fingerprint density at radius 3 is 2.33 bits per heavy atom. The summed E-state index contributed by atoms with van der Waals surface area (Å²) in [6, 6.07) is 4.69. The van der Waals surface area contributed by atoms with E-state index in [1.165, 1.54) is 41.5 Å². The predicted molar refractivity (Wildman–Crippen MR) is 82.5 cm³/mol. The van der Waals surface area contributed by atoms with E-state index < -0.39 is 0 Å².